The summed E-state index contributed by atoms with van der Waals surface area (Å²) in [6, 6.07) is 25.1. The van der Waals surface area contributed by atoms with Gasteiger partial charge >= 0.3 is 0 Å². The summed E-state index contributed by atoms with van der Waals surface area (Å²) < 4.78 is 5.77. The van der Waals surface area contributed by atoms with Gasteiger partial charge in [0.05, 0.1) is 0 Å². The van der Waals surface area contributed by atoms with E-state index in [0.717, 1.165) is 17.9 Å². The molecule has 0 saturated heterocycles. The zero-order valence-electron chi connectivity index (χ0n) is 11.6. The van der Waals surface area contributed by atoms with Gasteiger partial charge in [0, 0.05) is 0 Å². The van der Waals surface area contributed by atoms with E-state index in [4.69, 9.17) is 4.74 Å². The van der Waals surface area contributed by atoms with Gasteiger partial charge < -0.3 is 9.84 Å². The summed E-state index contributed by atoms with van der Waals surface area (Å²) in [6.45, 7) is 0. The number of ether oxygens (including phenoxy) is 1. The summed E-state index contributed by atoms with van der Waals surface area (Å²) in [5.74, 6) is 1.96. The van der Waals surface area contributed by atoms with Gasteiger partial charge in [-0.2, -0.15) is 0 Å². The van der Waals surface area contributed by atoms with Gasteiger partial charge in [0.15, 0.2) is 0 Å². The maximum Gasteiger partial charge on any atom is 0.127 e. The molecule has 21 heavy (non-hydrogen) atoms. The average Bonchev–Trinajstić information content (AvgIpc) is 2.53. The monoisotopic (exact) mass is 276 g/mol. The molecule has 0 radical (unpaired) electrons. The Morgan fingerprint density at radius 3 is 1.76 bits per heavy atom. The van der Waals surface area contributed by atoms with E-state index in [1.54, 1.807) is 12.1 Å². The van der Waals surface area contributed by atoms with Crippen molar-refractivity contribution in [2.24, 2.45) is 0 Å². The van der Waals surface area contributed by atoms with Crippen molar-refractivity contribution in [3.8, 4) is 17.2 Å². The lowest BCUT2D eigenvalue weighted by Crippen LogP contribution is -1.88. The molecule has 0 aliphatic rings. The van der Waals surface area contributed by atoms with Crippen LogP contribution in [0.4, 0.5) is 0 Å². The third kappa shape index (κ3) is 3.63. The Morgan fingerprint density at radius 2 is 1.14 bits per heavy atom. The summed E-state index contributed by atoms with van der Waals surface area (Å²) >= 11 is 0. The van der Waals surface area contributed by atoms with Crippen LogP contribution in [0, 0.1) is 0 Å². The molecule has 0 spiro atoms. The zero-order valence-corrected chi connectivity index (χ0v) is 11.6. The number of benzene rings is 3. The lowest BCUT2D eigenvalue weighted by atomic mass is 10.0. The second kappa shape index (κ2) is 6.14. The largest absolute Gasteiger partial charge is 0.508 e. The van der Waals surface area contributed by atoms with Crippen LogP contribution in [0.2, 0.25) is 0 Å². The highest BCUT2D eigenvalue weighted by Crippen LogP contribution is 2.22. The predicted molar refractivity (Wildman–Crippen MR) is 83.9 cm³/mol. The van der Waals surface area contributed by atoms with Crippen molar-refractivity contribution in [1.82, 2.24) is 0 Å². The smallest absolute Gasteiger partial charge is 0.127 e. The van der Waals surface area contributed by atoms with Gasteiger partial charge in [-0.3, -0.25) is 0 Å². The topological polar surface area (TPSA) is 29.5 Å². The van der Waals surface area contributed by atoms with Gasteiger partial charge in [0.25, 0.3) is 0 Å². The highest BCUT2D eigenvalue weighted by molar-refractivity contribution is 5.35. The molecule has 0 unspecified atom stereocenters. The molecule has 104 valence electrons. The molecule has 1 N–H and O–H groups in total. The second-order valence-corrected chi connectivity index (χ2v) is 4.90. The first-order chi connectivity index (χ1) is 10.3. The Hall–Kier alpha value is -2.74. The summed E-state index contributed by atoms with van der Waals surface area (Å²) in [5, 5.41) is 9.28. The minimum Gasteiger partial charge on any atom is -0.508 e. The Morgan fingerprint density at radius 1 is 0.619 bits per heavy atom. The maximum absolute atomic E-state index is 9.28. The number of hydrogen-bond donors (Lipinski definition) is 1. The molecule has 0 aliphatic heterocycles. The molecule has 0 saturated carbocycles. The molecule has 0 aromatic heterocycles. The number of aromatic hydroxyl groups is 1. The van der Waals surface area contributed by atoms with Crippen LogP contribution in [0.25, 0.3) is 0 Å². The van der Waals surface area contributed by atoms with E-state index < -0.39 is 0 Å². The molecule has 2 nitrogen and oxygen atoms in total. The Bertz CT molecular complexity index is 686. The van der Waals surface area contributed by atoms with Gasteiger partial charge in [0.2, 0.25) is 0 Å². The summed E-state index contributed by atoms with van der Waals surface area (Å²) in [6.07, 6.45) is 0.839. The highest BCUT2D eigenvalue weighted by atomic mass is 16.5. The van der Waals surface area contributed by atoms with Crippen molar-refractivity contribution in [2.75, 3.05) is 0 Å². The first kappa shape index (κ1) is 13.3. The highest BCUT2D eigenvalue weighted by Gasteiger charge is 1.99. The van der Waals surface area contributed by atoms with Crippen molar-refractivity contribution >= 4 is 0 Å². The Labute approximate surface area is 124 Å². The first-order valence-electron chi connectivity index (χ1n) is 6.89. The minimum atomic E-state index is 0.297. The fourth-order valence-electron chi connectivity index (χ4n) is 2.15. The number of phenolic OH excluding ortho intramolecular Hbond substituents is 1. The van der Waals surface area contributed by atoms with Crippen LogP contribution in [0.15, 0.2) is 78.9 Å². The van der Waals surface area contributed by atoms with Crippen LogP contribution in [0.1, 0.15) is 11.1 Å². The summed E-state index contributed by atoms with van der Waals surface area (Å²) in [7, 11) is 0. The third-order valence-corrected chi connectivity index (χ3v) is 3.25. The fraction of sp³-hybridized carbons (Fsp3) is 0.0526. The molecular weight excluding hydrogens is 260 g/mol. The number of rotatable bonds is 4. The van der Waals surface area contributed by atoms with Crippen LogP contribution in [-0.4, -0.2) is 5.11 Å². The molecule has 0 bridgehead atoms. The minimum absolute atomic E-state index is 0.297. The van der Waals surface area contributed by atoms with E-state index in [2.05, 4.69) is 12.1 Å². The molecule has 3 rings (SSSR count). The molecule has 0 aliphatic carbocycles. The van der Waals surface area contributed by atoms with Gasteiger partial charge in [-0.1, -0.05) is 42.5 Å². The van der Waals surface area contributed by atoms with E-state index in [9.17, 15) is 5.11 Å². The van der Waals surface area contributed by atoms with Crippen molar-refractivity contribution in [2.45, 2.75) is 6.42 Å². The number of phenols is 1. The number of hydrogen-bond acceptors (Lipinski definition) is 2. The quantitative estimate of drug-likeness (QED) is 0.743. The van der Waals surface area contributed by atoms with Gasteiger partial charge in [0.1, 0.15) is 17.2 Å². The molecule has 3 aromatic carbocycles. The fourth-order valence-corrected chi connectivity index (χ4v) is 2.15. The van der Waals surface area contributed by atoms with Gasteiger partial charge in [-0.05, 0) is 53.9 Å². The van der Waals surface area contributed by atoms with Crippen LogP contribution in [-0.2, 0) is 6.42 Å². The van der Waals surface area contributed by atoms with Crippen LogP contribution in [0.3, 0.4) is 0 Å². The van der Waals surface area contributed by atoms with Crippen LogP contribution >= 0.6 is 0 Å². The predicted octanol–water partition coefficient (Wildman–Crippen LogP) is 4.78. The van der Waals surface area contributed by atoms with Crippen molar-refractivity contribution in [3.05, 3.63) is 90.0 Å². The molecular formula is C19H16O2. The van der Waals surface area contributed by atoms with E-state index in [1.165, 1.54) is 11.1 Å². The summed E-state index contributed by atoms with van der Waals surface area (Å²) in [5.41, 5.74) is 2.38. The standard InChI is InChI=1S/C19H16O2/c20-17-10-6-15(7-11-17)14-16-8-12-19(13-9-16)21-18-4-2-1-3-5-18/h1-13,20H,14H2. The number of para-hydroxylation sites is 1. The molecule has 0 fully saturated rings. The molecule has 3 aromatic rings. The first-order valence-corrected chi connectivity index (χ1v) is 6.89. The van der Waals surface area contributed by atoms with E-state index in [1.807, 2.05) is 54.6 Å². The molecule has 2 heteroatoms. The van der Waals surface area contributed by atoms with Gasteiger partial charge in [-0.15, -0.1) is 0 Å². The Balaban J connectivity index is 1.68. The average molecular weight is 276 g/mol. The normalized spacial score (nSPS) is 10.3. The van der Waals surface area contributed by atoms with Crippen LogP contribution < -0.4 is 4.74 Å². The van der Waals surface area contributed by atoms with E-state index in [0.29, 0.717) is 5.75 Å². The molecule has 0 heterocycles. The summed E-state index contributed by atoms with van der Waals surface area (Å²) in [4.78, 5) is 0. The lowest BCUT2D eigenvalue weighted by molar-refractivity contribution is 0.475. The molecule has 0 atom stereocenters. The van der Waals surface area contributed by atoms with E-state index in [-0.39, 0.29) is 0 Å². The van der Waals surface area contributed by atoms with Crippen LogP contribution in [0.5, 0.6) is 17.2 Å². The molecule has 0 amide bonds. The third-order valence-electron chi connectivity index (χ3n) is 3.25. The SMILES string of the molecule is Oc1ccc(Cc2ccc(Oc3ccccc3)cc2)cc1. The second-order valence-electron chi connectivity index (χ2n) is 4.90. The van der Waals surface area contributed by atoms with E-state index >= 15 is 0 Å². The lowest BCUT2D eigenvalue weighted by Gasteiger charge is -2.07. The van der Waals surface area contributed by atoms with Crippen molar-refractivity contribution < 1.29 is 9.84 Å². The van der Waals surface area contributed by atoms with Crippen molar-refractivity contribution in [3.63, 3.8) is 0 Å². The zero-order chi connectivity index (χ0) is 14.5. The van der Waals surface area contributed by atoms with Gasteiger partial charge in [-0.25, -0.2) is 0 Å². The van der Waals surface area contributed by atoms with Crippen molar-refractivity contribution in [1.29, 1.82) is 0 Å². The Kier molecular flexibility index (Phi) is 3.88. The maximum atomic E-state index is 9.28.